The fourth-order valence-electron chi connectivity index (χ4n) is 1.44. The van der Waals surface area contributed by atoms with Crippen LogP contribution in [0.25, 0.3) is 11.0 Å². The van der Waals surface area contributed by atoms with E-state index < -0.39 is 12.0 Å². The van der Waals surface area contributed by atoms with E-state index in [2.05, 4.69) is 18.8 Å². The zero-order valence-electron chi connectivity index (χ0n) is 9.84. The molecule has 0 saturated heterocycles. The number of fused-ring (bicyclic) bond motifs is 1. The van der Waals surface area contributed by atoms with Gasteiger partial charge in [-0.2, -0.15) is 8.75 Å². The zero-order valence-corrected chi connectivity index (χ0v) is 10.7. The molecule has 0 aliphatic rings. The van der Waals surface area contributed by atoms with E-state index in [0.29, 0.717) is 11.1 Å². The first-order chi connectivity index (χ1) is 8.61. The third-order valence-corrected chi connectivity index (χ3v) is 2.97. The van der Waals surface area contributed by atoms with Crippen molar-refractivity contribution in [3.8, 4) is 0 Å². The number of hydrogen-bond donors (Lipinski definition) is 1. The van der Waals surface area contributed by atoms with Crippen LogP contribution in [0.4, 0.5) is 0 Å². The lowest BCUT2D eigenvalue weighted by Crippen LogP contribution is -2.39. The number of carbonyl (C=O) groups is 2. The average molecular weight is 265 g/mol. The number of amides is 1. The average Bonchev–Trinajstić information content (AvgIpc) is 2.84. The largest absolute Gasteiger partial charge is 0.467 e. The van der Waals surface area contributed by atoms with Crippen molar-refractivity contribution in [1.29, 1.82) is 0 Å². The molecule has 0 saturated carbocycles. The highest BCUT2D eigenvalue weighted by molar-refractivity contribution is 7.00. The molecule has 0 spiro atoms. The normalized spacial score (nSPS) is 12.1. The Kier molecular flexibility index (Phi) is 3.52. The van der Waals surface area contributed by atoms with E-state index in [1.165, 1.54) is 7.11 Å². The molecule has 1 N–H and O–H groups in total. The van der Waals surface area contributed by atoms with Crippen molar-refractivity contribution >= 4 is 34.6 Å². The summed E-state index contributed by atoms with van der Waals surface area (Å²) in [6.45, 7) is 1.56. The van der Waals surface area contributed by atoms with Crippen LogP contribution >= 0.6 is 11.7 Å². The summed E-state index contributed by atoms with van der Waals surface area (Å²) in [5.74, 6) is -0.831. The van der Waals surface area contributed by atoms with Crippen LogP contribution < -0.4 is 5.32 Å². The molecule has 1 aromatic heterocycles. The summed E-state index contributed by atoms with van der Waals surface area (Å²) < 4.78 is 12.6. The summed E-state index contributed by atoms with van der Waals surface area (Å²) >= 11 is 1.09. The molecule has 94 valence electrons. The summed E-state index contributed by atoms with van der Waals surface area (Å²) in [7, 11) is 1.28. The Balaban J connectivity index is 2.15. The highest BCUT2D eigenvalue weighted by atomic mass is 32.1. The summed E-state index contributed by atoms with van der Waals surface area (Å²) in [5, 5.41) is 2.55. The molecule has 1 amide bonds. The van der Waals surface area contributed by atoms with Crippen LogP contribution in [-0.4, -0.2) is 33.8 Å². The molecule has 18 heavy (non-hydrogen) atoms. The monoisotopic (exact) mass is 265 g/mol. The van der Waals surface area contributed by atoms with E-state index in [-0.39, 0.29) is 5.91 Å². The minimum absolute atomic E-state index is 0.345. The van der Waals surface area contributed by atoms with Gasteiger partial charge in [-0.1, -0.05) is 0 Å². The van der Waals surface area contributed by atoms with E-state index in [1.54, 1.807) is 25.1 Å². The Bertz CT molecular complexity index is 596. The first-order valence-corrected chi connectivity index (χ1v) is 5.96. The summed E-state index contributed by atoms with van der Waals surface area (Å²) in [4.78, 5) is 23.1. The smallest absolute Gasteiger partial charge is 0.328 e. The van der Waals surface area contributed by atoms with Crippen LogP contribution in [0.3, 0.4) is 0 Å². The summed E-state index contributed by atoms with van der Waals surface area (Å²) in [5.41, 5.74) is 1.85. The van der Waals surface area contributed by atoms with Crippen molar-refractivity contribution in [3.63, 3.8) is 0 Å². The zero-order chi connectivity index (χ0) is 13.1. The van der Waals surface area contributed by atoms with Gasteiger partial charge in [0.05, 0.1) is 18.8 Å². The number of ether oxygens (including phenoxy) is 1. The van der Waals surface area contributed by atoms with Gasteiger partial charge in [-0.25, -0.2) is 4.79 Å². The molecule has 1 aromatic carbocycles. The molecule has 7 heteroatoms. The van der Waals surface area contributed by atoms with Crippen LogP contribution in [0.15, 0.2) is 18.2 Å². The van der Waals surface area contributed by atoms with Gasteiger partial charge in [0, 0.05) is 5.56 Å². The van der Waals surface area contributed by atoms with Gasteiger partial charge in [0.2, 0.25) is 0 Å². The lowest BCUT2D eigenvalue weighted by atomic mass is 10.2. The number of esters is 1. The van der Waals surface area contributed by atoms with Crippen molar-refractivity contribution in [2.45, 2.75) is 13.0 Å². The van der Waals surface area contributed by atoms with Crippen molar-refractivity contribution in [3.05, 3.63) is 23.8 Å². The molecule has 0 unspecified atom stereocenters. The molecule has 6 nitrogen and oxygen atoms in total. The van der Waals surface area contributed by atoms with Gasteiger partial charge in [0.1, 0.15) is 17.1 Å². The predicted octanol–water partition coefficient (Wildman–Crippen LogP) is 0.983. The van der Waals surface area contributed by atoms with Crippen molar-refractivity contribution in [2.24, 2.45) is 0 Å². The number of rotatable bonds is 3. The summed E-state index contributed by atoms with van der Waals surface area (Å²) in [6.07, 6.45) is 0. The van der Waals surface area contributed by atoms with Gasteiger partial charge in [0.15, 0.2) is 0 Å². The second kappa shape index (κ2) is 5.09. The number of nitrogens with one attached hydrogen (secondary N) is 1. The lowest BCUT2D eigenvalue weighted by Gasteiger charge is -2.11. The van der Waals surface area contributed by atoms with Crippen molar-refractivity contribution in [2.75, 3.05) is 7.11 Å². The molecule has 0 fully saturated rings. The molecule has 0 aliphatic heterocycles. The topological polar surface area (TPSA) is 81.2 Å². The Morgan fingerprint density at radius 2 is 2.06 bits per heavy atom. The maximum absolute atomic E-state index is 11.9. The fourth-order valence-corrected chi connectivity index (χ4v) is 1.96. The van der Waals surface area contributed by atoms with Crippen LogP contribution in [0.1, 0.15) is 17.3 Å². The maximum Gasteiger partial charge on any atom is 0.328 e. The molecule has 0 radical (unpaired) electrons. The predicted molar refractivity (Wildman–Crippen MR) is 66.4 cm³/mol. The second-order valence-electron chi connectivity index (χ2n) is 3.69. The number of aromatic nitrogens is 2. The minimum atomic E-state index is -0.688. The molecule has 2 aromatic rings. The van der Waals surface area contributed by atoms with E-state index in [4.69, 9.17) is 0 Å². The van der Waals surface area contributed by atoms with Crippen molar-refractivity contribution < 1.29 is 14.3 Å². The third-order valence-electron chi connectivity index (χ3n) is 2.42. The van der Waals surface area contributed by atoms with Gasteiger partial charge in [-0.3, -0.25) is 4.79 Å². The lowest BCUT2D eigenvalue weighted by molar-refractivity contribution is -0.142. The van der Waals surface area contributed by atoms with Crippen LogP contribution in [0, 0.1) is 0 Å². The highest BCUT2D eigenvalue weighted by Crippen LogP contribution is 2.13. The van der Waals surface area contributed by atoms with Gasteiger partial charge in [-0.15, -0.1) is 0 Å². The van der Waals surface area contributed by atoms with Gasteiger partial charge >= 0.3 is 5.97 Å². The Morgan fingerprint density at radius 3 is 2.78 bits per heavy atom. The number of nitrogens with zero attached hydrogens (tertiary/aromatic N) is 2. The molecule has 0 bridgehead atoms. The Morgan fingerprint density at radius 1 is 1.33 bits per heavy atom. The summed E-state index contributed by atoms with van der Waals surface area (Å²) in [6, 6.07) is 4.31. The molecule has 1 heterocycles. The second-order valence-corrected chi connectivity index (χ2v) is 4.21. The molecule has 2 rings (SSSR count). The van der Waals surface area contributed by atoms with Crippen molar-refractivity contribution in [1.82, 2.24) is 14.1 Å². The number of carbonyl (C=O) groups excluding carboxylic acids is 2. The maximum atomic E-state index is 11.9. The SMILES string of the molecule is COC(=O)[C@H](C)NC(=O)c1ccc2nsnc2c1. The Hall–Kier alpha value is -2.02. The molecule has 1 atom stereocenters. The van der Waals surface area contributed by atoms with Crippen LogP contribution in [0.2, 0.25) is 0 Å². The van der Waals surface area contributed by atoms with Gasteiger partial charge < -0.3 is 10.1 Å². The Labute approximate surface area is 107 Å². The van der Waals surface area contributed by atoms with Crippen LogP contribution in [-0.2, 0) is 9.53 Å². The molecular formula is C11H11N3O3S. The number of hydrogen-bond acceptors (Lipinski definition) is 6. The number of benzene rings is 1. The minimum Gasteiger partial charge on any atom is -0.467 e. The molecule has 0 aliphatic carbocycles. The first kappa shape index (κ1) is 12.4. The quantitative estimate of drug-likeness (QED) is 0.837. The third kappa shape index (κ3) is 2.45. The van der Waals surface area contributed by atoms with Crippen LogP contribution in [0.5, 0.6) is 0 Å². The molecular weight excluding hydrogens is 254 g/mol. The van der Waals surface area contributed by atoms with Gasteiger partial charge in [0.25, 0.3) is 5.91 Å². The van der Waals surface area contributed by atoms with E-state index in [1.807, 2.05) is 0 Å². The fraction of sp³-hybridized carbons (Fsp3) is 0.273. The standard InChI is InChI=1S/C11H11N3O3S/c1-6(11(16)17-2)12-10(15)7-3-4-8-9(5-7)14-18-13-8/h3-6H,1-2H3,(H,12,15)/t6-/m0/s1. The van der Waals surface area contributed by atoms with E-state index in [9.17, 15) is 9.59 Å². The number of methoxy groups -OCH3 is 1. The van der Waals surface area contributed by atoms with E-state index >= 15 is 0 Å². The highest BCUT2D eigenvalue weighted by Gasteiger charge is 2.17. The first-order valence-electron chi connectivity index (χ1n) is 5.23. The van der Waals surface area contributed by atoms with E-state index in [0.717, 1.165) is 17.2 Å². The van der Waals surface area contributed by atoms with Gasteiger partial charge in [-0.05, 0) is 25.1 Å².